The molecule has 0 radical (unpaired) electrons. The Hall–Kier alpha value is -0.880. The number of ether oxygens (including phenoxy) is 2. The number of halogens is 2. The van der Waals surface area contributed by atoms with E-state index in [4.69, 9.17) is 9.47 Å². The minimum atomic E-state index is -0.493. The molecule has 6 heteroatoms. The summed E-state index contributed by atoms with van der Waals surface area (Å²) < 4.78 is 9.50. The first-order valence-corrected chi connectivity index (χ1v) is 7.02. The molecule has 0 aliphatic carbocycles. The lowest BCUT2D eigenvalue weighted by molar-refractivity contribution is 0.0525. The number of carbonyl (C=O) groups is 2. The van der Waals surface area contributed by atoms with Gasteiger partial charge in [0, 0.05) is 0 Å². The van der Waals surface area contributed by atoms with Gasteiger partial charge in [-0.05, 0) is 25.1 Å². The summed E-state index contributed by atoms with van der Waals surface area (Å²) in [6.07, 6.45) is 0. The van der Waals surface area contributed by atoms with Gasteiger partial charge in [0.25, 0.3) is 0 Å². The number of ketones is 1. The van der Waals surface area contributed by atoms with Gasteiger partial charge in [-0.2, -0.15) is 0 Å². The summed E-state index contributed by atoms with van der Waals surface area (Å²) in [5, 5.41) is 0. The summed E-state index contributed by atoms with van der Waals surface area (Å²) in [5.41, 5.74) is 0.746. The molecule has 0 bridgehead atoms. The summed E-state index contributed by atoms with van der Waals surface area (Å²) in [4.78, 5) is 23.4. The van der Waals surface area contributed by atoms with E-state index in [1.807, 2.05) is 0 Å². The second-order valence-electron chi connectivity index (χ2n) is 3.30. The molecule has 0 saturated heterocycles. The van der Waals surface area contributed by atoms with Crippen LogP contribution in [0.2, 0.25) is 0 Å². The smallest absolute Gasteiger partial charge is 0.338 e. The lowest BCUT2D eigenvalue weighted by Crippen LogP contribution is -2.11. The lowest BCUT2D eigenvalue weighted by Gasteiger charge is -2.10. The fourth-order valence-electron chi connectivity index (χ4n) is 1.35. The van der Waals surface area contributed by atoms with Gasteiger partial charge in [0.05, 0.1) is 24.8 Å². The number of hydrogen-bond acceptors (Lipinski definition) is 4. The second kappa shape index (κ2) is 6.89. The number of carbonyl (C=O) groups excluding carboxylic acids is 2. The normalized spacial score (nSPS) is 10.3. The van der Waals surface area contributed by atoms with E-state index >= 15 is 0 Å². The lowest BCUT2D eigenvalue weighted by atomic mass is 10.1. The molecule has 1 rings (SSSR count). The van der Waals surface area contributed by atoms with Crippen molar-refractivity contribution in [2.75, 3.05) is 13.7 Å². The fraction of sp³-hybridized carbons (Fsp3) is 0.333. The Labute approximate surface area is 122 Å². The molecule has 0 aliphatic heterocycles. The van der Waals surface area contributed by atoms with E-state index in [0.717, 1.165) is 0 Å². The molecule has 0 atom stereocenters. The highest BCUT2D eigenvalue weighted by Gasteiger charge is 2.19. The largest absolute Gasteiger partial charge is 0.496 e. The average Bonchev–Trinajstić information content (AvgIpc) is 2.37. The number of rotatable bonds is 5. The van der Waals surface area contributed by atoms with Crippen LogP contribution >= 0.6 is 31.9 Å². The topological polar surface area (TPSA) is 52.6 Å². The van der Waals surface area contributed by atoms with Gasteiger partial charge in [0.15, 0.2) is 5.78 Å². The fourth-order valence-corrected chi connectivity index (χ4v) is 1.85. The van der Waals surface area contributed by atoms with Crippen molar-refractivity contribution in [3.8, 4) is 5.75 Å². The molecule has 0 heterocycles. The molecule has 1 aromatic carbocycles. The molecule has 0 aliphatic rings. The van der Waals surface area contributed by atoms with Crippen LogP contribution in [0.5, 0.6) is 5.75 Å². The Morgan fingerprint density at radius 1 is 1.33 bits per heavy atom. The number of Topliss-reactive ketones (excluding diaryl/α,β-unsaturated/α-hetero) is 1. The van der Waals surface area contributed by atoms with Crippen LogP contribution in [-0.4, -0.2) is 29.2 Å². The van der Waals surface area contributed by atoms with Gasteiger partial charge in [-0.15, -0.1) is 0 Å². The third kappa shape index (κ3) is 3.55. The van der Waals surface area contributed by atoms with Crippen molar-refractivity contribution in [3.63, 3.8) is 0 Å². The molecule has 98 valence electrons. The monoisotopic (exact) mass is 378 g/mol. The molecule has 0 saturated carbocycles. The Bertz CT molecular complexity index is 457. The number of esters is 1. The Kier molecular flexibility index (Phi) is 5.81. The zero-order valence-electron chi connectivity index (χ0n) is 9.91. The van der Waals surface area contributed by atoms with Crippen LogP contribution in [0, 0.1) is 0 Å². The van der Waals surface area contributed by atoms with Gasteiger partial charge < -0.3 is 9.47 Å². The van der Waals surface area contributed by atoms with Crippen molar-refractivity contribution in [1.29, 1.82) is 0 Å². The van der Waals surface area contributed by atoms with Gasteiger partial charge in [-0.1, -0.05) is 31.9 Å². The highest BCUT2D eigenvalue weighted by molar-refractivity contribution is 9.25. The highest BCUT2D eigenvalue weighted by atomic mass is 79.9. The molecule has 0 fully saturated rings. The Balaban J connectivity index is 3.11. The zero-order valence-corrected chi connectivity index (χ0v) is 13.1. The minimum Gasteiger partial charge on any atom is -0.496 e. The molecule has 4 nitrogen and oxygen atoms in total. The SMILES string of the molecule is CCOC(=O)c1ccc(C(=O)C(Br)Br)c(OC)c1. The third-order valence-corrected chi connectivity index (χ3v) is 3.01. The minimum absolute atomic E-state index is 0.178. The Morgan fingerprint density at radius 2 is 2.00 bits per heavy atom. The summed E-state index contributed by atoms with van der Waals surface area (Å²) in [6.45, 7) is 2.03. The molecular formula is C12H12Br2O4. The standard InChI is InChI=1S/C12H12Br2O4/c1-3-18-12(16)7-4-5-8(9(6-7)17-2)10(15)11(13)14/h4-6,11H,3H2,1-2H3. The van der Waals surface area contributed by atoms with Crippen molar-refractivity contribution in [2.24, 2.45) is 0 Å². The van der Waals surface area contributed by atoms with E-state index in [1.165, 1.54) is 19.2 Å². The Morgan fingerprint density at radius 3 is 2.50 bits per heavy atom. The van der Waals surface area contributed by atoms with Crippen LogP contribution in [0.3, 0.4) is 0 Å². The molecule has 0 N–H and O–H groups in total. The molecular weight excluding hydrogens is 368 g/mol. The summed E-state index contributed by atoms with van der Waals surface area (Å²) in [7, 11) is 1.44. The molecule has 18 heavy (non-hydrogen) atoms. The average molecular weight is 380 g/mol. The quantitative estimate of drug-likeness (QED) is 0.448. The molecule has 0 aromatic heterocycles. The molecule has 0 spiro atoms. The first-order valence-electron chi connectivity index (χ1n) is 5.18. The first kappa shape index (κ1) is 15.2. The highest BCUT2D eigenvalue weighted by Crippen LogP contribution is 2.25. The predicted molar refractivity (Wildman–Crippen MR) is 74.9 cm³/mol. The third-order valence-electron chi connectivity index (χ3n) is 2.18. The van der Waals surface area contributed by atoms with Crippen molar-refractivity contribution < 1.29 is 19.1 Å². The summed E-state index contributed by atoms with van der Waals surface area (Å²) in [5.74, 6) is -0.277. The van der Waals surface area contributed by atoms with Crippen molar-refractivity contribution in [2.45, 2.75) is 10.7 Å². The first-order chi connectivity index (χ1) is 8.51. The van der Waals surface area contributed by atoms with Crippen LogP contribution in [0.1, 0.15) is 27.6 Å². The number of hydrogen-bond donors (Lipinski definition) is 0. The van der Waals surface area contributed by atoms with Crippen molar-refractivity contribution in [1.82, 2.24) is 0 Å². The number of alkyl halides is 2. The van der Waals surface area contributed by atoms with Crippen LogP contribution in [0.4, 0.5) is 0 Å². The van der Waals surface area contributed by atoms with E-state index in [2.05, 4.69) is 31.9 Å². The second-order valence-corrected chi connectivity index (χ2v) is 6.36. The maximum Gasteiger partial charge on any atom is 0.338 e. The molecule has 0 unspecified atom stereocenters. The number of methoxy groups -OCH3 is 1. The van der Waals surface area contributed by atoms with E-state index in [9.17, 15) is 9.59 Å². The van der Waals surface area contributed by atoms with Gasteiger partial charge in [0.1, 0.15) is 9.49 Å². The van der Waals surface area contributed by atoms with Crippen LogP contribution in [-0.2, 0) is 4.74 Å². The van der Waals surface area contributed by atoms with Gasteiger partial charge in [-0.3, -0.25) is 4.79 Å². The summed E-state index contributed by atoms with van der Waals surface area (Å²) >= 11 is 6.26. The van der Waals surface area contributed by atoms with E-state index in [-0.39, 0.29) is 5.78 Å². The van der Waals surface area contributed by atoms with Crippen LogP contribution in [0.15, 0.2) is 18.2 Å². The van der Waals surface area contributed by atoms with E-state index in [1.54, 1.807) is 13.0 Å². The summed E-state index contributed by atoms with van der Waals surface area (Å²) in [6, 6.07) is 4.58. The van der Waals surface area contributed by atoms with Crippen LogP contribution in [0.25, 0.3) is 0 Å². The van der Waals surface area contributed by atoms with Gasteiger partial charge in [0.2, 0.25) is 0 Å². The zero-order chi connectivity index (χ0) is 13.7. The maximum atomic E-state index is 11.8. The van der Waals surface area contributed by atoms with Crippen molar-refractivity contribution >= 4 is 43.6 Å². The van der Waals surface area contributed by atoms with Gasteiger partial charge >= 0.3 is 5.97 Å². The van der Waals surface area contributed by atoms with E-state index in [0.29, 0.717) is 23.5 Å². The molecule has 1 aromatic rings. The molecule has 0 amide bonds. The van der Waals surface area contributed by atoms with Crippen LogP contribution < -0.4 is 4.74 Å². The van der Waals surface area contributed by atoms with Gasteiger partial charge in [-0.25, -0.2) is 4.79 Å². The maximum absolute atomic E-state index is 11.8. The number of benzene rings is 1. The predicted octanol–water partition coefficient (Wildman–Crippen LogP) is 3.17. The van der Waals surface area contributed by atoms with E-state index < -0.39 is 9.71 Å². The van der Waals surface area contributed by atoms with Crippen molar-refractivity contribution in [3.05, 3.63) is 29.3 Å².